The van der Waals surface area contributed by atoms with Gasteiger partial charge >= 0.3 is 0 Å². The lowest BCUT2D eigenvalue weighted by Crippen LogP contribution is -2.64. The number of likely N-dealkylation sites (tertiary alicyclic amines) is 1. The number of sulfonamides is 1. The standard InChI is InChI=1S/C29H48FN7O4S/c1-2-28-16-24(36-10-6-29(28,19-28)15-20(30)18-36)25(26(31)32)27(38)34-22-17-33-7-3-23(22)35-8-4-21(5-9-35)42(39,40)37-11-13-41-14-12-37/h21-26,33H,2-17,19,31-32H2,1H3/p+1. The zero-order valence-corrected chi connectivity index (χ0v) is 25.7. The van der Waals surface area contributed by atoms with Crippen LogP contribution >= 0.6 is 0 Å². The van der Waals surface area contributed by atoms with Gasteiger partial charge in [-0.25, -0.2) is 8.42 Å². The molecule has 42 heavy (non-hydrogen) atoms. The van der Waals surface area contributed by atoms with Crippen molar-refractivity contribution in [3.05, 3.63) is 5.83 Å². The lowest BCUT2D eigenvalue weighted by molar-refractivity contribution is -0.567. The maximum absolute atomic E-state index is 15.0. The van der Waals surface area contributed by atoms with Crippen LogP contribution in [-0.2, 0) is 19.6 Å². The number of nitrogens with one attached hydrogen (secondary N) is 2. The highest BCUT2D eigenvalue weighted by Crippen LogP contribution is 2.74. The van der Waals surface area contributed by atoms with E-state index < -0.39 is 22.1 Å². The Morgan fingerprint density at radius 3 is 2.67 bits per heavy atom. The Morgan fingerprint density at radius 2 is 1.98 bits per heavy atom. The molecule has 0 aromatic heterocycles. The van der Waals surface area contributed by atoms with Crippen LogP contribution in [-0.4, -0.2) is 123 Å². The van der Waals surface area contributed by atoms with Crippen molar-refractivity contribution in [1.29, 1.82) is 0 Å². The number of halogens is 1. The Balaban J connectivity index is 1.15. The second-order valence-electron chi connectivity index (χ2n) is 13.6. The quantitative estimate of drug-likeness (QED) is 0.217. The van der Waals surface area contributed by atoms with Gasteiger partial charge in [0.25, 0.3) is 0 Å². The van der Waals surface area contributed by atoms with Crippen LogP contribution in [0.3, 0.4) is 0 Å². The molecule has 11 nitrogen and oxygen atoms in total. The second kappa shape index (κ2) is 11.8. The lowest BCUT2D eigenvalue weighted by atomic mass is 9.78. The fourth-order valence-corrected chi connectivity index (χ4v) is 10.9. The Bertz CT molecular complexity index is 1210. The lowest BCUT2D eigenvalue weighted by Gasteiger charge is -2.44. The summed E-state index contributed by atoms with van der Waals surface area (Å²) in [4.78, 5) is 16.4. The molecule has 0 aromatic rings. The molecule has 0 aromatic carbocycles. The number of ether oxygens (including phenoxy) is 1. The Morgan fingerprint density at radius 1 is 1.24 bits per heavy atom. The van der Waals surface area contributed by atoms with E-state index in [1.807, 2.05) is 4.58 Å². The topological polar surface area (TPSA) is 146 Å². The van der Waals surface area contributed by atoms with Gasteiger partial charge in [-0.2, -0.15) is 13.3 Å². The SMILES string of the molecule is CCC12CC(C(C(=O)NC3CNCCC3N3CCC(S(=O)(=O)N4CCOCC4)CC3)C(N)N)[N+]3=C=C(F)CC1(CC3)C2. The summed E-state index contributed by atoms with van der Waals surface area (Å²) in [6, 6.07) is -0.386. The van der Waals surface area contributed by atoms with Crippen molar-refractivity contribution in [2.75, 3.05) is 59.0 Å². The molecule has 6 aliphatic rings. The van der Waals surface area contributed by atoms with Crippen molar-refractivity contribution in [3.8, 4) is 0 Å². The van der Waals surface area contributed by atoms with E-state index in [0.717, 1.165) is 38.6 Å². The smallest absolute Gasteiger partial charge is 0.233 e. The van der Waals surface area contributed by atoms with Gasteiger partial charge in [0, 0.05) is 44.9 Å². The van der Waals surface area contributed by atoms with Crippen molar-refractivity contribution in [1.82, 2.24) is 19.8 Å². The van der Waals surface area contributed by atoms with Crippen molar-refractivity contribution in [2.24, 2.45) is 28.2 Å². The molecular weight excluding hydrogens is 561 g/mol. The van der Waals surface area contributed by atoms with Crippen molar-refractivity contribution in [3.63, 3.8) is 0 Å². The van der Waals surface area contributed by atoms with Crippen LogP contribution in [0.15, 0.2) is 5.83 Å². The third-order valence-electron chi connectivity index (χ3n) is 11.5. The van der Waals surface area contributed by atoms with E-state index in [9.17, 15) is 17.6 Å². The van der Waals surface area contributed by atoms with Crippen LogP contribution in [0.25, 0.3) is 0 Å². The second-order valence-corrected chi connectivity index (χ2v) is 15.8. The number of carbonyl (C=O) groups excluding carboxylic acids is 1. The molecule has 1 spiro atoms. The van der Waals surface area contributed by atoms with Gasteiger partial charge in [-0.05, 0) is 62.6 Å². The molecule has 1 aliphatic carbocycles. The molecule has 6 atom stereocenters. The highest BCUT2D eigenvalue weighted by Gasteiger charge is 2.70. The van der Waals surface area contributed by atoms with Crippen LogP contribution < -0.4 is 22.1 Å². The van der Waals surface area contributed by atoms with Crippen LogP contribution in [0.2, 0.25) is 0 Å². The highest BCUT2D eigenvalue weighted by atomic mass is 32.2. The van der Waals surface area contributed by atoms with E-state index in [4.69, 9.17) is 16.2 Å². The molecule has 5 aliphatic heterocycles. The normalized spacial score (nSPS) is 37.3. The zero-order valence-electron chi connectivity index (χ0n) is 24.9. The summed E-state index contributed by atoms with van der Waals surface area (Å²) in [6.45, 7) is 7.37. The van der Waals surface area contributed by atoms with Gasteiger partial charge < -0.3 is 26.8 Å². The summed E-state index contributed by atoms with van der Waals surface area (Å²) in [5, 5.41) is 6.34. The first-order valence-corrected chi connectivity index (χ1v) is 17.5. The summed E-state index contributed by atoms with van der Waals surface area (Å²) in [5.41, 5.74) is 12.6. The number of nitrogens with two attached hydrogens (primary N) is 2. The first kappa shape index (κ1) is 30.6. The van der Waals surface area contributed by atoms with Crippen molar-refractivity contribution in [2.45, 2.75) is 87.8 Å². The zero-order chi connectivity index (χ0) is 29.7. The predicted molar refractivity (Wildman–Crippen MR) is 157 cm³/mol. The van der Waals surface area contributed by atoms with E-state index in [-0.39, 0.29) is 45.9 Å². The van der Waals surface area contributed by atoms with E-state index in [1.54, 1.807) is 4.31 Å². The third kappa shape index (κ3) is 5.49. The molecule has 2 bridgehead atoms. The van der Waals surface area contributed by atoms with E-state index in [1.165, 1.54) is 0 Å². The van der Waals surface area contributed by atoms with E-state index in [2.05, 4.69) is 28.3 Å². The molecule has 5 heterocycles. The van der Waals surface area contributed by atoms with Crippen molar-refractivity contribution >= 4 is 21.8 Å². The number of hydrogen-bond acceptors (Lipinski definition) is 8. The minimum atomic E-state index is -3.35. The van der Waals surface area contributed by atoms with Crippen molar-refractivity contribution < 1.29 is 26.9 Å². The Hall–Kier alpha value is -1.44. The predicted octanol–water partition coefficient (Wildman–Crippen LogP) is -0.293. The molecule has 6 N–H and O–H groups in total. The Labute approximate surface area is 249 Å². The molecule has 236 valence electrons. The summed E-state index contributed by atoms with van der Waals surface area (Å²) in [7, 11) is -3.35. The molecule has 4 saturated heterocycles. The average Bonchev–Trinajstić information content (AvgIpc) is 3.65. The third-order valence-corrected chi connectivity index (χ3v) is 13.9. The van der Waals surface area contributed by atoms with Gasteiger partial charge in [-0.1, -0.05) is 6.92 Å². The molecule has 1 amide bonds. The molecule has 5 fully saturated rings. The summed E-state index contributed by atoms with van der Waals surface area (Å²) in [6.07, 6.45) is 5.15. The first-order valence-electron chi connectivity index (χ1n) is 16.0. The highest BCUT2D eigenvalue weighted by molar-refractivity contribution is 7.89. The maximum Gasteiger partial charge on any atom is 0.233 e. The molecule has 6 unspecified atom stereocenters. The molecule has 6 rings (SSSR count). The number of allylic oxidation sites excluding steroid dienone is 1. The molecule has 13 heteroatoms. The maximum atomic E-state index is 15.0. The number of carbonyl (C=O) groups is 1. The van der Waals surface area contributed by atoms with Crippen LogP contribution in [0.4, 0.5) is 4.39 Å². The van der Waals surface area contributed by atoms with Gasteiger partial charge in [0.05, 0.1) is 30.7 Å². The van der Waals surface area contributed by atoms with Gasteiger partial charge in [0.1, 0.15) is 5.92 Å². The number of rotatable bonds is 8. The Kier molecular flexibility index (Phi) is 8.60. The number of amides is 1. The number of piperidine rings is 2. The van der Waals surface area contributed by atoms with Crippen LogP contribution in [0, 0.1) is 16.7 Å². The fraction of sp³-hybridized carbons (Fsp3) is 0.897. The van der Waals surface area contributed by atoms with Crippen LogP contribution in [0.5, 0.6) is 0 Å². The van der Waals surface area contributed by atoms with E-state index in [0.29, 0.717) is 71.7 Å². The minimum Gasteiger partial charge on any atom is -0.379 e. The number of nitrogens with zero attached hydrogens (tertiary/aromatic N) is 3. The monoisotopic (exact) mass is 610 g/mol. The number of fused-ring (bicyclic) bond motifs is 2. The molecular formula is C29H49FN7O4S+. The first-order chi connectivity index (χ1) is 20.1. The molecule has 1 saturated carbocycles. The van der Waals surface area contributed by atoms with Crippen LogP contribution in [0.1, 0.15) is 58.3 Å². The largest absolute Gasteiger partial charge is 0.379 e. The van der Waals surface area contributed by atoms with Gasteiger partial charge in [-0.3, -0.25) is 9.69 Å². The average molecular weight is 611 g/mol. The summed E-state index contributed by atoms with van der Waals surface area (Å²) < 4.78 is 50.3. The van der Waals surface area contributed by atoms with E-state index >= 15 is 0 Å². The van der Waals surface area contributed by atoms with Gasteiger partial charge in [-0.15, -0.1) is 0 Å². The van der Waals surface area contributed by atoms with Gasteiger partial charge in [0.2, 0.25) is 27.6 Å². The van der Waals surface area contributed by atoms with Gasteiger partial charge in [0.15, 0.2) is 12.6 Å². The fourth-order valence-electron chi connectivity index (χ4n) is 9.02. The molecule has 0 radical (unpaired) electrons. The number of hydrogen-bond donors (Lipinski definition) is 4. The summed E-state index contributed by atoms with van der Waals surface area (Å²) in [5.74, 6) is 1.84. The number of morpholine rings is 1. The minimum absolute atomic E-state index is 0.0140. The summed E-state index contributed by atoms with van der Waals surface area (Å²) >= 11 is 0.